The smallest absolute Gasteiger partial charge is 0.0880 e. The Morgan fingerprint density at radius 3 is 2.50 bits per heavy atom. The molecule has 1 N–H and O–H groups in total. The van der Waals surface area contributed by atoms with Crippen LogP contribution in [0.5, 0.6) is 0 Å². The number of hydrogen-bond acceptors (Lipinski definition) is 2. The third-order valence-electron chi connectivity index (χ3n) is 2.83. The summed E-state index contributed by atoms with van der Waals surface area (Å²) in [6, 6.07) is 0. The number of ether oxygens (including phenoxy) is 1. The van der Waals surface area contributed by atoms with E-state index in [9.17, 15) is 5.11 Å². The van der Waals surface area contributed by atoms with Gasteiger partial charge in [0, 0.05) is 6.61 Å². The Kier molecular flexibility index (Phi) is 3.53. The molecular formula is C10H20O2. The maximum Gasteiger partial charge on any atom is 0.0880 e. The van der Waals surface area contributed by atoms with Gasteiger partial charge in [0.05, 0.1) is 12.2 Å². The lowest BCUT2D eigenvalue weighted by Crippen LogP contribution is -2.38. The molecule has 0 heterocycles. The summed E-state index contributed by atoms with van der Waals surface area (Å²) in [5.74, 6) is 0.462. The van der Waals surface area contributed by atoms with E-state index in [2.05, 4.69) is 0 Å². The van der Waals surface area contributed by atoms with E-state index < -0.39 is 5.60 Å². The second-order valence-electron chi connectivity index (χ2n) is 3.98. The van der Waals surface area contributed by atoms with Crippen LogP contribution in [0.3, 0.4) is 0 Å². The summed E-state index contributed by atoms with van der Waals surface area (Å²) in [5.41, 5.74) is -0.591. The van der Waals surface area contributed by atoms with Gasteiger partial charge in [-0.25, -0.2) is 0 Å². The minimum absolute atomic E-state index is 0.462. The Morgan fingerprint density at radius 1 is 1.42 bits per heavy atom. The van der Waals surface area contributed by atoms with Gasteiger partial charge < -0.3 is 9.84 Å². The SMILES string of the molecule is CCOCC(C)(O)C1CCCC1. The highest BCUT2D eigenvalue weighted by Crippen LogP contribution is 2.33. The fraction of sp³-hybridized carbons (Fsp3) is 1.00. The lowest BCUT2D eigenvalue weighted by molar-refractivity contribution is -0.0680. The minimum Gasteiger partial charge on any atom is -0.387 e. The maximum absolute atomic E-state index is 10.0. The standard InChI is InChI=1S/C10H20O2/c1-3-12-8-10(2,11)9-6-4-5-7-9/h9,11H,3-8H2,1-2H3. The van der Waals surface area contributed by atoms with E-state index in [-0.39, 0.29) is 0 Å². The molecule has 1 saturated carbocycles. The fourth-order valence-electron chi connectivity index (χ4n) is 1.97. The normalized spacial score (nSPS) is 24.2. The first-order valence-corrected chi connectivity index (χ1v) is 4.97. The summed E-state index contributed by atoms with van der Waals surface area (Å²) < 4.78 is 5.26. The predicted octanol–water partition coefficient (Wildman–Crippen LogP) is 1.96. The molecule has 1 atom stereocenters. The highest BCUT2D eigenvalue weighted by Gasteiger charge is 2.33. The van der Waals surface area contributed by atoms with Gasteiger partial charge in [0.25, 0.3) is 0 Å². The van der Waals surface area contributed by atoms with Gasteiger partial charge >= 0.3 is 0 Å². The molecule has 0 amide bonds. The van der Waals surface area contributed by atoms with Gasteiger partial charge in [0.1, 0.15) is 0 Å². The number of hydrogen-bond donors (Lipinski definition) is 1. The molecule has 1 rings (SSSR count). The van der Waals surface area contributed by atoms with E-state index in [1.807, 2.05) is 13.8 Å². The van der Waals surface area contributed by atoms with Crippen LogP contribution < -0.4 is 0 Å². The third kappa shape index (κ3) is 2.46. The summed E-state index contributed by atoms with van der Waals surface area (Å²) in [6.07, 6.45) is 4.88. The molecule has 0 radical (unpaired) electrons. The van der Waals surface area contributed by atoms with Crippen LogP contribution >= 0.6 is 0 Å². The summed E-state index contributed by atoms with van der Waals surface area (Å²) in [7, 11) is 0. The highest BCUT2D eigenvalue weighted by atomic mass is 16.5. The molecular weight excluding hydrogens is 152 g/mol. The molecule has 0 aromatic rings. The van der Waals surface area contributed by atoms with E-state index in [4.69, 9.17) is 4.74 Å². The Bertz CT molecular complexity index is 126. The minimum atomic E-state index is -0.591. The van der Waals surface area contributed by atoms with E-state index in [0.717, 1.165) is 0 Å². The van der Waals surface area contributed by atoms with Crippen molar-refractivity contribution >= 4 is 0 Å². The van der Waals surface area contributed by atoms with Crippen LogP contribution in [0.1, 0.15) is 39.5 Å². The Balaban J connectivity index is 2.34. The van der Waals surface area contributed by atoms with Gasteiger partial charge in [0.15, 0.2) is 0 Å². The lowest BCUT2D eigenvalue weighted by Gasteiger charge is -2.29. The molecule has 0 spiro atoms. The van der Waals surface area contributed by atoms with Crippen LogP contribution in [0.15, 0.2) is 0 Å². The Hall–Kier alpha value is -0.0800. The van der Waals surface area contributed by atoms with Gasteiger partial charge in [-0.3, -0.25) is 0 Å². The Morgan fingerprint density at radius 2 is 2.00 bits per heavy atom. The van der Waals surface area contributed by atoms with Crippen molar-refractivity contribution in [3.05, 3.63) is 0 Å². The van der Waals surface area contributed by atoms with Crippen molar-refractivity contribution in [1.82, 2.24) is 0 Å². The van der Waals surface area contributed by atoms with Crippen molar-refractivity contribution in [2.24, 2.45) is 5.92 Å². The van der Waals surface area contributed by atoms with Crippen molar-refractivity contribution in [2.75, 3.05) is 13.2 Å². The van der Waals surface area contributed by atoms with E-state index in [0.29, 0.717) is 19.1 Å². The molecule has 2 nitrogen and oxygen atoms in total. The zero-order chi connectivity index (χ0) is 9.03. The van der Waals surface area contributed by atoms with Crippen LogP contribution in [-0.4, -0.2) is 23.9 Å². The first-order chi connectivity index (χ1) is 5.67. The van der Waals surface area contributed by atoms with E-state index in [1.165, 1.54) is 25.7 Å². The molecule has 0 bridgehead atoms. The number of rotatable bonds is 4. The quantitative estimate of drug-likeness (QED) is 0.702. The van der Waals surface area contributed by atoms with Crippen LogP contribution in [0.2, 0.25) is 0 Å². The summed E-state index contributed by atoms with van der Waals surface area (Å²) in [6.45, 7) is 5.06. The van der Waals surface area contributed by atoms with Crippen molar-refractivity contribution in [3.63, 3.8) is 0 Å². The summed E-state index contributed by atoms with van der Waals surface area (Å²) in [4.78, 5) is 0. The molecule has 0 aliphatic heterocycles. The molecule has 0 aromatic carbocycles. The summed E-state index contributed by atoms with van der Waals surface area (Å²) >= 11 is 0. The lowest BCUT2D eigenvalue weighted by atomic mass is 9.88. The molecule has 1 unspecified atom stereocenters. The zero-order valence-corrected chi connectivity index (χ0v) is 8.18. The van der Waals surface area contributed by atoms with Gasteiger partial charge in [-0.2, -0.15) is 0 Å². The second-order valence-corrected chi connectivity index (χ2v) is 3.98. The van der Waals surface area contributed by atoms with Gasteiger partial charge in [-0.1, -0.05) is 12.8 Å². The summed E-state index contributed by atoms with van der Waals surface area (Å²) in [5, 5.41) is 10.0. The fourth-order valence-corrected chi connectivity index (χ4v) is 1.97. The molecule has 2 heteroatoms. The van der Waals surface area contributed by atoms with Crippen molar-refractivity contribution in [2.45, 2.75) is 45.1 Å². The van der Waals surface area contributed by atoms with Gasteiger partial charge in [-0.05, 0) is 32.6 Å². The zero-order valence-electron chi connectivity index (χ0n) is 8.18. The van der Waals surface area contributed by atoms with Gasteiger partial charge in [0.2, 0.25) is 0 Å². The molecule has 1 aliphatic carbocycles. The molecule has 0 aromatic heterocycles. The number of aliphatic hydroxyl groups is 1. The van der Waals surface area contributed by atoms with Gasteiger partial charge in [-0.15, -0.1) is 0 Å². The average molecular weight is 172 g/mol. The predicted molar refractivity (Wildman–Crippen MR) is 49.1 cm³/mol. The molecule has 0 saturated heterocycles. The highest BCUT2D eigenvalue weighted by molar-refractivity contribution is 4.85. The van der Waals surface area contributed by atoms with Crippen molar-refractivity contribution < 1.29 is 9.84 Å². The van der Waals surface area contributed by atoms with Crippen molar-refractivity contribution in [1.29, 1.82) is 0 Å². The van der Waals surface area contributed by atoms with Crippen LogP contribution in [0.25, 0.3) is 0 Å². The second kappa shape index (κ2) is 4.24. The molecule has 12 heavy (non-hydrogen) atoms. The first-order valence-electron chi connectivity index (χ1n) is 4.97. The monoisotopic (exact) mass is 172 g/mol. The Labute approximate surface area is 74.9 Å². The third-order valence-corrected chi connectivity index (χ3v) is 2.83. The molecule has 1 fully saturated rings. The van der Waals surface area contributed by atoms with E-state index >= 15 is 0 Å². The van der Waals surface area contributed by atoms with Crippen LogP contribution in [-0.2, 0) is 4.74 Å². The topological polar surface area (TPSA) is 29.5 Å². The average Bonchev–Trinajstić information content (AvgIpc) is 2.53. The molecule has 1 aliphatic rings. The van der Waals surface area contributed by atoms with Crippen molar-refractivity contribution in [3.8, 4) is 0 Å². The maximum atomic E-state index is 10.0. The largest absolute Gasteiger partial charge is 0.387 e. The van der Waals surface area contributed by atoms with Crippen LogP contribution in [0.4, 0.5) is 0 Å². The molecule has 72 valence electrons. The van der Waals surface area contributed by atoms with Crippen LogP contribution in [0, 0.1) is 5.92 Å². The van der Waals surface area contributed by atoms with E-state index in [1.54, 1.807) is 0 Å². The first kappa shape index (κ1) is 10.0.